The Morgan fingerprint density at radius 3 is 2.55 bits per heavy atom. The molecule has 31 heavy (non-hydrogen) atoms. The average molecular weight is 430 g/mol. The molecule has 3 N–H and O–H groups in total. The van der Waals surface area contributed by atoms with Crippen LogP contribution in [-0.4, -0.2) is 21.2 Å². The van der Waals surface area contributed by atoms with Crippen molar-refractivity contribution in [1.82, 2.24) is 9.78 Å². The van der Waals surface area contributed by atoms with E-state index in [0.717, 1.165) is 12.1 Å². The molecule has 8 nitrogen and oxygen atoms in total. The fraction of sp³-hybridized carbons (Fsp3) is 0.200. The van der Waals surface area contributed by atoms with Gasteiger partial charge in [0.2, 0.25) is 0 Å². The molecule has 1 heterocycles. The van der Waals surface area contributed by atoms with Crippen LogP contribution in [0.5, 0.6) is 0 Å². The lowest BCUT2D eigenvalue weighted by atomic mass is 10.1. The number of hydrogen-bond donors (Lipinski definition) is 2. The van der Waals surface area contributed by atoms with Crippen LogP contribution in [0.4, 0.5) is 30.4 Å². The molecule has 0 bridgehead atoms. The van der Waals surface area contributed by atoms with Crippen LogP contribution in [0.3, 0.4) is 0 Å². The van der Waals surface area contributed by atoms with Crippen molar-refractivity contribution in [2.45, 2.75) is 19.0 Å². The molecule has 0 amide bonds. The van der Waals surface area contributed by atoms with Crippen LogP contribution in [-0.2, 0) is 12.6 Å². The van der Waals surface area contributed by atoms with Crippen molar-refractivity contribution in [3.05, 3.63) is 75.5 Å². The van der Waals surface area contributed by atoms with Gasteiger partial charge in [0.05, 0.1) is 21.9 Å². The van der Waals surface area contributed by atoms with E-state index >= 15 is 0 Å². The minimum absolute atomic E-state index is 0.0205. The molecule has 0 aliphatic carbocycles. The lowest BCUT2D eigenvalue weighted by Gasteiger charge is -2.10. The summed E-state index contributed by atoms with van der Waals surface area (Å²) in [6, 6.07) is 13.4. The normalized spacial score (nSPS) is 11.2. The Bertz CT molecular complexity index is 1140. The number of benzene rings is 2. The molecule has 160 valence electrons. The Labute approximate surface area is 174 Å². The van der Waals surface area contributed by atoms with Gasteiger partial charge in [0, 0.05) is 12.6 Å². The van der Waals surface area contributed by atoms with Crippen LogP contribution < -0.4 is 11.1 Å². The van der Waals surface area contributed by atoms with Gasteiger partial charge in [-0.1, -0.05) is 18.2 Å². The number of nitrogens with two attached hydrogens (primary N) is 1. The van der Waals surface area contributed by atoms with Crippen molar-refractivity contribution in [2.24, 2.45) is 0 Å². The number of halogens is 3. The van der Waals surface area contributed by atoms with Gasteiger partial charge in [-0.15, -0.1) is 0 Å². The van der Waals surface area contributed by atoms with Gasteiger partial charge in [-0.25, -0.2) is 4.68 Å². The van der Waals surface area contributed by atoms with E-state index in [1.165, 1.54) is 4.68 Å². The van der Waals surface area contributed by atoms with Gasteiger partial charge in [0.15, 0.2) is 0 Å². The number of nitrogens with one attached hydrogen (secondary N) is 1. The molecular formula is C20H17F3N6O2. The van der Waals surface area contributed by atoms with Gasteiger partial charge in [-0.3, -0.25) is 10.1 Å². The number of anilines is 2. The minimum Gasteiger partial charge on any atom is -0.382 e. The van der Waals surface area contributed by atoms with Crippen LogP contribution in [0, 0.1) is 21.4 Å². The lowest BCUT2D eigenvalue weighted by molar-refractivity contribution is -0.384. The molecule has 1 aromatic heterocycles. The minimum atomic E-state index is -4.67. The van der Waals surface area contributed by atoms with E-state index in [-0.39, 0.29) is 23.6 Å². The molecule has 11 heteroatoms. The van der Waals surface area contributed by atoms with E-state index in [2.05, 4.69) is 10.4 Å². The molecule has 0 atom stereocenters. The zero-order chi connectivity index (χ0) is 22.6. The highest BCUT2D eigenvalue weighted by Gasteiger charge is 2.33. The van der Waals surface area contributed by atoms with E-state index < -0.39 is 22.4 Å². The number of para-hydroxylation sites is 1. The molecule has 0 aliphatic heterocycles. The number of nitrogen functional groups attached to an aromatic ring is 1. The second-order valence-electron chi connectivity index (χ2n) is 6.58. The number of aromatic nitrogens is 2. The predicted octanol–water partition coefficient (Wildman–Crippen LogP) is 4.30. The van der Waals surface area contributed by atoms with E-state index in [1.54, 1.807) is 12.1 Å². The van der Waals surface area contributed by atoms with E-state index in [4.69, 9.17) is 5.73 Å². The fourth-order valence-electron chi connectivity index (χ4n) is 3.03. The summed E-state index contributed by atoms with van der Waals surface area (Å²) in [6.45, 7) is 0.217. The molecular weight excluding hydrogens is 413 g/mol. The van der Waals surface area contributed by atoms with Gasteiger partial charge in [0.1, 0.15) is 23.1 Å². The van der Waals surface area contributed by atoms with Gasteiger partial charge < -0.3 is 11.1 Å². The first-order valence-electron chi connectivity index (χ1n) is 9.14. The number of nitro groups is 1. The maximum atomic E-state index is 12.8. The van der Waals surface area contributed by atoms with Gasteiger partial charge >= 0.3 is 6.18 Å². The Balaban J connectivity index is 1.71. The maximum absolute atomic E-state index is 12.8. The summed E-state index contributed by atoms with van der Waals surface area (Å²) in [6.07, 6.45) is -3.92. The molecule has 0 saturated heterocycles. The number of alkyl halides is 3. The lowest BCUT2D eigenvalue weighted by Crippen LogP contribution is -2.09. The Morgan fingerprint density at radius 1 is 1.23 bits per heavy atom. The fourth-order valence-corrected chi connectivity index (χ4v) is 3.03. The largest absolute Gasteiger partial charge is 0.416 e. The summed E-state index contributed by atoms with van der Waals surface area (Å²) in [7, 11) is 0. The Morgan fingerprint density at radius 2 is 1.94 bits per heavy atom. The predicted molar refractivity (Wildman–Crippen MR) is 108 cm³/mol. The molecule has 0 saturated carbocycles. The Kier molecular flexibility index (Phi) is 6.10. The van der Waals surface area contributed by atoms with Crippen LogP contribution in [0.2, 0.25) is 0 Å². The van der Waals surface area contributed by atoms with E-state index in [9.17, 15) is 28.5 Å². The first-order chi connectivity index (χ1) is 14.7. The quantitative estimate of drug-likeness (QED) is 0.327. The third kappa shape index (κ3) is 4.75. The number of nitrogens with zero attached hydrogens (tertiary/aromatic N) is 4. The number of aryl methyl sites for hydroxylation is 1. The topological polar surface area (TPSA) is 123 Å². The molecule has 3 aromatic rings. The Hall–Kier alpha value is -4.07. The van der Waals surface area contributed by atoms with Crippen molar-refractivity contribution < 1.29 is 18.1 Å². The number of rotatable bonds is 7. The van der Waals surface area contributed by atoms with Gasteiger partial charge in [-0.2, -0.15) is 23.5 Å². The highest BCUT2D eigenvalue weighted by atomic mass is 19.4. The highest BCUT2D eigenvalue weighted by molar-refractivity contribution is 5.63. The monoisotopic (exact) mass is 430 g/mol. The van der Waals surface area contributed by atoms with Gasteiger partial charge in [-0.05, 0) is 37.1 Å². The molecule has 0 radical (unpaired) electrons. The molecule has 3 rings (SSSR count). The molecule has 2 aromatic carbocycles. The van der Waals surface area contributed by atoms with Crippen LogP contribution >= 0.6 is 0 Å². The third-order valence-corrected chi connectivity index (χ3v) is 4.53. The van der Waals surface area contributed by atoms with Crippen molar-refractivity contribution in [3.8, 4) is 11.8 Å². The zero-order valence-corrected chi connectivity index (χ0v) is 16.1. The second kappa shape index (κ2) is 8.74. The molecule has 0 unspecified atom stereocenters. The number of nitriles is 1. The number of hydrogen-bond acceptors (Lipinski definition) is 6. The van der Waals surface area contributed by atoms with Crippen molar-refractivity contribution in [2.75, 3.05) is 17.6 Å². The van der Waals surface area contributed by atoms with Crippen molar-refractivity contribution in [3.63, 3.8) is 0 Å². The van der Waals surface area contributed by atoms with Crippen molar-refractivity contribution >= 4 is 17.2 Å². The van der Waals surface area contributed by atoms with Crippen molar-refractivity contribution in [1.29, 1.82) is 5.26 Å². The summed E-state index contributed by atoms with van der Waals surface area (Å²) in [5.74, 6) is 0.204. The van der Waals surface area contributed by atoms with Crippen LogP contribution in [0.1, 0.15) is 23.2 Å². The van der Waals surface area contributed by atoms with E-state index in [0.29, 0.717) is 30.3 Å². The highest BCUT2D eigenvalue weighted by Crippen LogP contribution is 2.35. The standard InChI is InChI=1S/C20H17F3N6O2/c21-20(22,23)13-8-9-17(18(11-13)29(30)31)26-10-4-7-16-15(12-24)19(25)28(27-16)14-5-2-1-3-6-14/h1-3,5-6,8-9,11,26H,4,7,10,25H2. The van der Waals surface area contributed by atoms with Gasteiger partial charge in [0.25, 0.3) is 5.69 Å². The smallest absolute Gasteiger partial charge is 0.382 e. The molecule has 0 fully saturated rings. The maximum Gasteiger partial charge on any atom is 0.416 e. The molecule has 0 aliphatic rings. The summed E-state index contributed by atoms with van der Waals surface area (Å²) in [5, 5.41) is 27.7. The third-order valence-electron chi connectivity index (χ3n) is 4.53. The second-order valence-corrected chi connectivity index (χ2v) is 6.58. The SMILES string of the molecule is N#Cc1c(CCCNc2ccc(C(F)(F)F)cc2[N+](=O)[O-])nn(-c2ccccc2)c1N. The summed E-state index contributed by atoms with van der Waals surface area (Å²) < 4.78 is 39.9. The first kappa shape index (κ1) is 21.6. The zero-order valence-electron chi connectivity index (χ0n) is 16.1. The van der Waals surface area contributed by atoms with E-state index in [1.807, 2.05) is 24.3 Å². The summed E-state index contributed by atoms with van der Waals surface area (Å²) >= 11 is 0. The average Bonchev–Trinajstić information content (AvgIpc) is 3.06. The van der Waals surface area contributed by atoms with Crippen LogP contribution in [0.15, 0.2) is 48.5 Å². The van der Waals surface area contributed by atoms with Crippen LogP contribution in [0.25, 0.3) is 5.69 Å². The summed E-state index contributed by atoms with van der Waals surface area (Å²) in [5.41, 5.74) is 5.67. The first-order valence-corrected chi connectivity index (χ1v) is 9.14. The summed E-state index contributed by atoms with van der Waals surface area (Å²) in [4.78, 5) is 10.3. The molecule has 0 spiro atoms. The number of nitro benzene ring substituents is 1.